The molecule has 2 N–H and O–H groups in total. The number of hydrogen-bond acceptors (Lipinski definition) is 2. The van der Waals surface area contributed by atoms with Crippen molar-refractivity contribution in [3.05, 3.63) is 48.0 Å². The van der Waals surface area contributed by atoms with Crippen molar-refractivity contribution >= 4 is 11.8 Å². The maximum atomic E-state index is 11.6. The molecule has 2 rings (SSSR count). The van der Waals surface area contributed by atoms with E-state index in [9.17, 15) is 9.59 Å². The number of carbonyl (C=O) groups excluding carboxylic acids is 2. The topological polar surface area (TPSA) is 58.2 Å². The highest BCUT2D eigenvalue weighted by Crippen LogP contribution is 2.05. The molecule has 0 unspecified atom stereocenters. The van der Waals surface area contributed by atoms with Gasteiger partial charge in [-0.1, -0.05) is 42.5 Å². The van der Waals surface area contributed by atoms with Gasteiger partial charge in [0.1, 0.15) is 0 Å². The Morgan fingerprint density at radius 1 is 1.39 bits per heavy atom. The summed E-state index contributed by atoms with van der Waals surface area (Å²) in [6, 6.07) is 9.60. The fourth-order valence-corrected chi connectivity index (χ4v) is 1.71. The lowest BCUT2D eigenvalue weighted by atomic mass is 10.0. The fourth-order valence-electron chi connectivity index (χ4n) is 1.71. The Bertz CT molecular complexity index is 454. The maximum Gasteiger partial charge on any atom is 0.228 e. The van der Waals surface area contributed by atoms with Crippen LogP contribution in [0.1, 0.15) is 5.56 Å². The molecule has 1 atom stereocenters. The molecule has 1 aromatic rings. The summed E-state index contributed by atoms with van der Waals surface area (Å²) < 4.78 is 0. The van der Waals surface area contributed by atoms with Crippen LogP contribution in [0.25, 0.3) is 0 Å². The Hall–Kier alpha value is -2.10. The molecule has 0 aliphatic carbocycles. The van der Waals surface area contributed by atoms with Gasteiger partial charge in [-0.3, -0.25) is 9.59 Å². The molecule has 1 heterocycles. The number of nitrogens with one attached hydrogen (secondary N) is 2. The number of benzene rings is 1. The van der Waals surface area contributed by atoms with Crippen molar-refractivity contribution in [2.45, 2.75) is 6.42 Å². The molecule has 1 aliphatic rings. The molecule has 0 radical (unpaired) electrons. The Balaban J connectivity index is 1.67. The Morgan fingerprint density at radius 3 is 2.78 bits per heavy atom. The highest BCUT2D eigenvalue weighted by molar-refractivity contribution is 5.86. The van der Waals surface area contributed by atoms with E-state index in [1.165, 1.54) is 0 Å². The van der Waals surface area contributed by atoms with Gasteiger partial charge in [0.15, 0.2) is 0 Å². The first-order valence-electron chi connectivity index (χ1n) is 6.00. The van der Waals surface area contributed by atoms with Crippen LogP contribution in [0.3, 0.4) is 0 Å². The normalized spacial score (nSPS) is 18.2. The van der Waals surface area contributed by atoms with E-state index in [1.54, 1.807) is 0 Å². The molecule has 94 valence electrons. The summed E-state index contributed by atoms with van der Waals surface area (Å²) >= 11 is 0. The van der Waals surface area contributed by atoms with Gasteiger partial charge in [-0.2, -0.15) is 0 Å². The van der Waals surface area contributed by atoms with E-state index in [2.05, 4.69) is 10.6 Å². The van der Waals surface area contributed by atoms with E-state index < -0.39 is 0 Å². The third-order valence-electron chi connectivity index (χ3n) is 2.83. The predicted octanol–water partition coefficient (Wildman–Crippen LogP) is 0.647. The number of rotatable bonds is 5. The van der Waals surface area contributed by atoms with Gasteiger partial charge >= 0.3 is 0 Å². The zero-order valence-electron chi connectivity index (χ0n) is 10.1. The summed E-state index contributed by atoms with van der Waals surface area (Å²) in [6.07, 6.45) is 4.05. The first-order chi connectivity index (χ1) is 8.75. The highest BCUT2D eigenvalue weighted by atomic mass is 16.2. The Morgan fingerprint density at radius 2 is 2.17 bits per heavy atom. The van der Waals surface area contributed by atoms with Crippen LogP contribution >= 0.6 is 0 Å². The largest absolute Gasteiger partial charge is 0.354 e. The lowest BCUT2D eigenvalue weighted by molar-refractivity contribution is -0.129. The summed E-state index contributed by atoms with van der Waals surface area (Å²) in [5, 5.41) is 5.46. The van der Waals surface area contributed by atoms with Crippen LogP contribution < -0.4 is 10.6 Å². The van der Waals surface area contributed by atoms with Crippen molar-refractivity contribution < 1.29 is 9.59 Å². The smallest absolute Gasteiger partial charge is 0.228 e. The quantitative estimate of drug-likeness (QED) is 0.590. The first-order valence-corrected chi connectivity index (χ1v) is 6.00. The molecule has 1 aliphatic heterocycles. The average Bonchev–Trinajstić information content (AvgIpc) is 2.37. The number of hydrogen-bond donors (Lipinski definition) is 2. The summed E-state index contributed by atoms with van der Waals surface area (Å²) in [6.45, 7) is 1.17. The number of carbonyl (C=O) groups is 2. The predicted molar refractivity (Wildman–Crippen MR) is 68.8 cm³/mol. The summed E-state index contributed by atoms with van der Waals surface area (Å²) in [5.41, 5.74) is 0.998. The third-order valence-corrected chi connectivity index (χ3v) is 2.83. The molecular formula is C14H16N2O2. The van der Waals surface area contributed by atoms with E-state index in [0.29, 0.717) is 19.5 Å². The van der Waals surface area contributed by atoms with E-state index >= 15 is 0 Å². The van der Waals surface area contributed by atoms with Crippen molar-refractivity contribution in [1.29, 1.82) is 0 Å². The molecule has 18 heavy (non-hydrogen) atoms. The highest BCUT2D eigenvalue weighted by Gasteiger charge is 2.23. The molecule has 0 spiro atoms. The van der Waals surface area contributed by atoms with Gasteiger partial charge in [-0.15, -0.1) is 0 Å². The minimum Gasteiger partial charge on any atom is -0.354 e. The lowest BCUT2D eigenvalue weighted by Crippen LogP contribution is -2.47. The molecule has 0 saturated carbocycles. The Labute approximate surface area is 106 Å². The molecule has 1 saturated heterocycles. The molecular weight excluding hydrogens is 228 g/mol. The van der Waals surface area contributed by atoms with Crippen molar-refractivity contribution in [1.82, 2.24) is 10.6 Å². The van der Waals surface area contributed by atoms with E-state index in [0.717, 1.165) is 5.56 Å². The van der Waals surface area contributed by atoms with E-state index in [1.807, 2.05) is 42.5 Å². The number of amides is 2. The van der Waals surface area contributed by atoms with Crippen molar-refractivity contribution in [3.8, 4) is 0 Å². The SMILES string of the molecule is O=C(Cc1ccccc1)NCC=C[C@H]1CNC1=O. The van der Waals surface area contributed by atoms with Crippen LogP contribution in [0.2, 0.25) is 0 Å². The third kappa shape index (κ3) is 3.45. The monoisotopic (exact) mass is 244 g/mol. The minimum absolute atomic E-state index is 0.0103. The van der Waals surface area contributed by atoms with Gasteiger partial charge in [-0.25, -0.2) is 0 Å². The molecule has 4 heteroatoms. The molecule has 2 amide bonds. The van der Waals surface area contributed by atoms with Crippen LogP contribution in [0.5, 0.6) is 0 Å². The van der Waals surface area contributed by atoms with Gasteiger partial charge in [0.05, 0.1) is 12.3 Å². The molecule has 1 fully saturated rings. The molecule has 0 bridgehead atoms. The lowest BCUT2D eigenvalue weighted by Gasteiger charge is -2.22. The van der Waals surface area contributed by atoms with Crippen molar-refractivity contribution in [2.75, 3.05) is 13.1 Å². The summed E-state index contributed by atoms with van der Waals surface area (Å²) in [4.78, 5) is 22.5. The number of β-lactam (4-membered cyclic amide) rings is 1. The van der Waals surface area contributed by atoms with Crippen LogP contribution in [0.15, 0.2) is 42.5 Å². The second kappa shape index (κ2) is 6.00. The second-order valence-corrected chi connectivity index (χ2v) is 4.25. The minimum atomic E-state index is -0.0176. The van der Waals surface area contributed by atoms with Gasteiger partial charge < -0.3 is 10.6 Å². The van der Waals surface area contributed by atoms with Gasteiger partial charge in [-0.05, 0) is 5.56 Å². The van der Waals surface area contributed by atoms with Gasteiger partial charge in [0.2, 0.25) is 11.8 Å². The summed E-state index contributed by atoms with van der Waals surface area (Å²) in [5.74, 6) is 0.0294. The van der Waals surface area contributed by atoms with Crippen LogP contribution in [0.4, 0.5) is 0 Å². The van der Waals surface area contributed by atoms with Crippen LogP contribution in [0, 0.1) is 5.92 Å². The molecule has 4 nitrogen and oxygen atoms in total. The van der Waals surface area contributed by atoms with E-state index in [-0.39, 0.29) is 17.7 Å². The average molecular weight is 244 g/mol. The zero-order chi connectivity index (χ0) is 12.8. The Kier molecular flexibility index (Phi) is 4.12. The van der Waals surface area contributed by atoms with Crippen LogP contribution in [-0.2, 0) is 16.0 Å². The van der Waals surface area contributed by atoms with Crippen molar-refractivity contribution in [2.24, 2.45) is 5.92 Å². The molecule has 1 aromatic carbocycles. The van der Waals surface area contributed by atoms with Gasteiger partial charge in [0, 0.05) is 13.1 Å². The zero-order valence-corrected chi connectivity index (χ0v) is 10.1. The van der Waals surface area contributed by atoms with Gasteiger partial charge in [0.25, 0.3) is 0 Å². The van der Waals surface area contributed by atoms with E-state index in [4.69, 9.17) is 0 Å². The molecule has 0 aromatic heterocycles. The fraction of sp³-hybridized carbons (Fsp3) is 0.286. The summed E-state index contributed by atoms with van der Waals surface area (Å²) in [7, 11) is 0. The standard InChI is InChI=1S/C14H16N2O2/c17-13(9-11-5-2-1-3-6-11)15-8-4-7-12-10-16-14(12)18/h1-7,12H,8-10H2,(H,15,17)(H,16,18)/t12-/m0/s1. The van der Waals surface area contributed by atoms with Crippen molar-refractivity contribution in [3.63, 3.8) is 0 Å². The second-order valence-electron chi connectivity index (χ2n) is 4.25. The first kappa shape index (κ1) is 12.4. The maximum absolute atomic E-state index is 11.6. The van der Waals surface area contributed by atoms with Crippen LogP contribution in [-0.4, -0.2) is 24.9 Å².